The van der Waals surface area contributed by atoms with Crippen LogP contribution >= 0.6 is 23.1 Å². The Balaban J connectivity index is 1.61. The fourth-order valence-corrected chi connectivity index (χ4v) is 4.07. The molecule has 9 heteroatoms. The number of hydrogen-bond donors (Lipinski definition) is 1. The van der Waals surface area contributed by atoms with E-state index in [9.17, 15) is 9.59 Å². The number of fused-ring (bicyclic) bond motifs is 1. The zero-order chi connectivity index (χ0) is 19.3. The van der Waals surface area contributed by atoms with Crippen molar-refractivity contribution in [3.05, 3.63) is 75.5 Å². The number of nitrogens with zero attached hydrogens (tertiary/aromatic N) is 4. The fourth-order valence-electron chi connectivity index (χ4n) is 2.59. The molecule has 0 atom stereocenters. The van der Waals surface area contributed by atoms with E-state index >= 15 is 0 Å². The first-order chi connectivity index (χ1) is 13.7. The lowest BCUT2D eigenvalue weighted by Crippen LogP contribution is -2.25. The zero-order valence-electron chi connectivity index (χ0n) is 14.6. The summed E-state index contributed by atoms with van der Waals surface area (Å²) in [6.07, 6.45) is 2.97. The number of amides is 1. The van der Waals surface area contributed by atoms with Crippen LogP contribution in [0.3, 0.4) is 0 Å². The van der Waals surface area contributed by atoms with Crippen molar-refractivity contribution in [3.63, 3.8) is 0 Å². The largest absolute Gasteiger partial charge is 0.325 e. The van der Waals surface area contributed by atoms with Crippen molar-refractivity contribution in [1.29, 1.82) is 0 Å². The highest BCUT2D eigenvalue weighted by Gasteiger charge is 2.15. The molecular formula is C19H15N5O2S2. The number of thioether (sulfide) groups is 1. The maximum absolute atomic E-state index is 12.9. The summed E-state index contributed by atoms with van der Waals surface area (Å²) >= 11 is 2.76. The summed E-state index contributed by atoms with van der Waals surface area (Å²) in [5.41, 5.74) is 0.955. The minimum atomic E-state index is -0.266. The molecule has 4 aromatic rings. The standard InChI is InChI=1S/C19H15N5O2S2/c25-15(22-13-5-2-1-3-6-13)12-28-19-23-17-16(20-8-9-21-17)18(26)24(19)11-14-7-4-10-27-14/h1-10H,11-12H2,(H,22,25). The molecular weight excluding hydrogens is 394 g/mol. The molecule has 1 aromatic carbocycles. The number of para-hydroxylation sites is 1. The van der Waals surface area contributed by atoms with E-state index in [-0.39, 0.29) is 28.4 Å². The summed E-state index contributed by atoms with van der Waals surface area (Å²) in [7, 11) is 0. The first-order valence-corrected chi connectivity index (χ1v) is 10.3. The van der Waals surface area contributed by atoms with Gasteiger partial charge >= 0.3 is 0 Å². The van der Waals surface area contributed by atoms with Crippen molar-refractivity contribution in [2.75, 3.05) is 11.1 Å². The molecule has 0 bridgehead atoms. The molecule has 0 saturated heterocycles. The van der Waals surface area contributed by atoms with Crippen LogP contribution in [-0.4, -0.2) is 31.2 Å². The van der Waals surface area contributed by atoms with Gasteiger partial charge in [0.1, 0.15) is 0 Å². The van der Waals surface area contributed by atoms with Crippen LogP contribution in [-0.2, 0) is 11.3 Å². The molecule has 3 heterocycles. The molecule has 4 rings (SSSR count). The molecule has 0 aliphatic carbocycles. The minimum absolute atomic E-state index is 0.123. The fraction of sp³-hybridized carbons (Fsp3) is 0.105. The van der Waals surface area contributed by atoms with Crippen LogP contribution in [0.2, 0.25) is 0 Å². The topological polar surface area (TPSA) is 89.8 Å². The van der Waals surface area contributed by atoms with Crippen LogP contribution in [0.4, 0.5) is 5.69 Å². The molecule has 0 saturated carbocycles. The molecule has 1 amide bonds. The molecule has 0 radical (unpaired) electrons. The third-order valence-electron chi connectivity index (χ3n) is 3.84. The molecule has 3 aromatic heterocycles. The Kier molecular flexibility index (Phi) is 5.45. The number of benzene rings is 1. The quantitative estimate of drug-likeness (QED) is 0.389. The lowest BCUT2D eigenvalue weighted by atomic mass is 10.3. The van der Waals surface area contributed by atoms with Crippen LogP contribution in [0.15, 0.2) is 70.2 Å². The van der Waals surface area contributed by atoms with Crippen molar-refractivity contribution in [2.45, 2.75) is 11.7 Å². The molecule has 140 valence electrons. The van der Waals surface area contributed by atoms with Crippen LogP contribution in [0.25, 0.3) is 11.2 Å². The normalized spacial score (nSPS) is 10.9. The van der Waals surface area contributed by atoms with E-state index in [2.05, 4.69) is 20.3 Å². The summed E-state index contributed by atoms with van der Waals surface area (Å²) in [5, 5.41) is 5.22. The van der Waals surface area contributed by atoms with E-state index in [1.54, 1.807) is 15.9 Å². The highest BCUT2D eigenvalue weighted by Crippen LogP contribution is 2.19. The van der Waals surface area contributed by atoms with Gasteiger partial charge in [-0.15, -0.1) is 11.3 Å². The summed E-state index contributed by atoms with van der Waals surface area (Å²) in [5.74, 6) is -0.0512. The van der Waals surface area contributed by atoms with Crippen LogP contribution in [0.1, 0.15) is 4.88 Å². The molecule has 0 spiro atoms. The van der Waals surface area contributed by atoms with Gasteiger partial charge in [0.05, 0.1) is 12.3 Å². The highest BCUT2D eigenvalue weighted by molar-refractivity contribution is 7.99. The van der Waals surface area contributed by atoms with E-state index in [0.717, 1.165) is 10.6 Å². The number of nitrogens with one attached hydrogen (secondary N) is 1. The van der Waals surface area contributed by atoms with Crippen molar-refractivity contribution < 1.29 is 4.79 Å². The van der Waals surface area contributed by atoms with E-state index in [1.807, 2.05) is 47.8 Å². The molecule has 1 N–H and O–H groups in total. The Morgan fingerprint density at radius 2 is 1.93 bits per heavy atom. The highest BCUT2D eigenvalue weighted by atomic mass is 32.2. The van der Waals surface area contributed by atoms with Gasteiger partial charge in [-0.1, -0.05) is 36.0 Å². The van der Waals surface area contributed by atoms with Gasteiger partial charge in [-0.25, -0.2) is 15.0 Å². The van der Waals surface area contributed by atoms with Gasteiger partial charge in [-0.2, -0.15) is 0 Å². The molecule has 7 nitrogen and oxygen atoms in total. The van der Waals surface area contributed by atoms with Crippen molar-refractivity contribution in [1.82, 2.24) is 19.5 Å². The Hall–Kier alpha value is -3.04. The van der Waals surface area contributed by atoms with Crippen LogP contribution in [0.5, 0.6) is 0 Å². The molecule has 0 unspecified atom stereocenters. The third-order valence-corrected chi connectivity index (χ3v) is 5.68. The summed E-state index contributed by atoms with van der Waals surface area (Å²) in [6, 6.07) is 13.1. The molecule has 28 heavy (non-hydrogen) atoms. The van der Waals surface area contributed by atoms with E-state index in [4.69, 9.17) is 0 Å². The average molecular weight is 409 g/mol. The summed E-state index contributed by atoms with van der Waals surface area (Å²) in [6.45, 7) is 0.374. The van der Waals surface area contributed by atoms with Crippen molar-refractivity contribution in [2.24, 2.45) is 0 Å². The van der Waals surface area contributed by atoms with Crippen molar-refractivity contribution >= 4 is 45.9 Å². The molecule has 0 aliphatic rings. The van der Waals surface area contributed by atoms with Crippen LogP contribution in [0, 0.1) is 0 Å². The van der Waals surface area contributed by atoms with Gasteiger partial charge in [-0.3, -0.25) is 14.2 Å². The lowest BCUT2D eigenvalue weighted by molar-refractivity contribution is -0.113. The SMILES string of the molecule is O=C(CSc1nc2nccnc2c(=O)n1Cc1cccs1)Nc1ccccc1. The van der Waals surface area contributed by atoms with E-state index in [0.29, 0.717) is 11.7 Å². The second-order valence-electron chi connectivity index (χ2n) is 5.80. The van der Waals surface area contributed by atoms with Gasteiger partial charge in [-0.05, 0) is 23.6 Å². The average Bonchev–Trinajstić information content (AvgIpc) is 3.23. The predicted molar refractivity (Wildman–Crippen MR) is 111 cm³/mol. The van der Waals surface area contributed by atoms with Gasteiger partial charge in [0.25, 0.3) is 5.56 Å². The van der Waals surface area contributed by atoms with E-state index < -0.39 is 0 Å². The number of anilines is 1. The van der Waals surface area contributed by atoms with E-state index in [1.165, 1.54) is 24.2 Å². The van der Waals surface area contributed by atoms with Crippen LogP contribution < -0.4 is 10.9 Å². The summed E-state index contributed by atoms with van der Waals surface area (Å²) in [4.78, 5) is 39.0. The Bertz CT molecular complexity index is 1160. The number of thiophene rings is 1. The first-order valence-electron chi connectivity index (χ1n) is 8.42. The number of aromatic nitrogens is 4. The van der Waals surface area contributed by atoms with Gasteiger partial charge in [0, 0.05) is 23.0 Å². The van der Waals surface area contributed by atoms with Gasteiger partial charge in [0.15, 0.2) is 16.3 Å². The number of rotatable bonds is 6. The zero-order valence-corrected chi connectivity index (χ0v) is 16.2. The summed E-state index contributed by atoms with van der Waals surface area (Å²) < 4.78 is 1.54. The number of hydrogen-bond acceptors (Lipinski definition) is 7. The Labute approximate surface area is 168 Å². The Morgan fingerprint density at radius 1 is 1.11 bits per heavy atom. The maximum Gasteiger partial charge on any atom is 0.282 e. The monoisotopic (exact) mass is 409 g/mol. The number of carbonyl (C=O) groups is 1. The Morgan fingerprint density at radius 3 is 2.71 bits per heavy atom. The maximum atomic E-state index is 12.9. The lowest BCUT2D eigenvalue weighted by Gasteiger charge is -2.11. The predicted octanol–water partition coefficient (Wildman–Crippen LogP) is 3.03. The third kappa shape index (κ3) is 4.10. The van der Waals surface area contributed by atoms with Gasteiger partial charge in [0.2, 0.25) is 5.91 Å². The smallest absolute Gasteiger partial charge is 0.282 e. The van der Waals surface area contributed by atoms with Crippen molar-refractivity contribution in [3.8, 4) is 0 Å². The molecule has 0 aliphatic heterocycles. The second-order valence-corrected chi connectivity index (χ2v) is 7.77. The number of carbonyl (C=O) groups excluding carboxylic acids is 1. The van der Waals surface area contributed by atoms with Gasteiger partial charge < -0.3 is 5.32 Å². The molecule has 0 fully saturated rings. The first kappa shape index (κ1) is 18.3. The minimum Gasteiger partial charge on any atom is -0.325 e. The second kappa shape index (κ2) is 8.32.